The Labute approximate surface area is 153 Å². The molecule has 0 saturated carbocycles. The van der Waals surface area contributed by atoms with Gasteiger partial charge < -0.3 is 0 Å². The van der Waals surface area contributed by atoms with Crippen LogP contribution in [0.3, 0.4) is 0 Å². The van der Waals surface area contributed by atoms with Crippen molar-refractivity contribution in [3.8, 4) is 17.8 Å². The quantitative estimate of drug-likeness (QED) is 0.702. The lowest BCUT2D eigenvalue weighted by Gasteiger charge is -2.04. The molecule has 2 heterocycles. The monoisotopic (exact) mass is 361 g/mol. The van der Waals surface area contributed by atoms with Crippen LogP contribution in [-0.2, 0) is 13.5 Å². The molecule has 26 heavy (non-hydrogen) atoms. The number of thiazole rings is 1. The lowest BCUT2D eigenvalue weighted by atomic mass is 10.1. The van der Waals surface area contributed by atoms with E-state index in [4.69, 9.17) is 0 Å². The molecule has 3 aromatic rings. The molecule has 1 aromatic carbocycles. The van der Waals surface area contributed by atoms with Crippen LogP contribution in [0.5, 0.6) is 0 Å². The van der Waals surface area contributed by atoms with E-state index in [1.807, 2.05) is 37.3 Å². The van der Waals surface area contributed by atoms with Gasteiger partial charge in [-0.1, -0.05) is 19.1 Å². The largest absolute Gasteiger partial charge is 0.275 e. The number of nitriles is 2. The first-order valence-corrected chi connectivity index (χ1v) is 8.75. The van der Waals surface area contributed by atoms with Gasteiger partial charge in [0.1, 0.15) is 16.8 Å². The van der Waals surface area contributed by atoms with Gasteiger partial charge in [-0.05, 0) is 30.2 Å². The van der Waals surface area contributed by atoms with Gasteiger partial charge in [-0.2, -0.15) is 15.6 Å². The maximum atomic E-state index is 13.0. The first kappa shape index (κ1) is 17.4. The molecule has 0 bridgehead atoms. The second-order valence-corrected chi connectivity index (χ2v) is 6.66. The molecular weight excluding hydrogens is 346 g/mol. The van der Waals surface area contributed by atoms with Crippen molar-refractivity contribution in [3.63, 3.8) is 0 Å². The number of hydrogen-bond donors (Lipinski definition) is 0. The second-order valence-electron chi connectivity index (χ2n) is 5.63. The lowest BCUT2D eigenvalue weighted by molar-refractivity contribution is 0.767. The third-order valence-electron chi connectivity index (χ3n) is 3.86. The number of nitrogens with zero attached hydrogens (tertiary/aromatic N) is 5. The van der Waals surface area contributed by atoms with Crippen molar-refractivity contribution in [1.82, 2.24) is 14.3 Å². The van der Waals surface area contributed by atoms with Crippen LogP contribution >= 0.6 is 11.3 Å². The average molecular weight is 361 g/mol. The van der Waals surface area contributed by atoms with E-state index in [1.165, 1.54) is 4.57 Å². The summed E-state index contributed by atoms with van der Waals surface area (Å²) in [4.78, 5) is 13.0. The molecule has 0 spiro atoms. The van der Waals surface area contributed by atoms with Crippen LogP contribution in [0, 0.1) is 22.7 Å². The SMILES string of the molecule is CCc1cccc(-n2c(=C(C#N)C#N)s/c(=C/c3cnn(C)c3)c2=O)c1. The minimum Gasteiger partial charge on any atom is -0.275 e. The Balaban J connectivity index is 2.39. The van der Waals surface area contributed by atoms with Crippen LogP contribution in [0.2, 0.25) is 0 Å². The van der Waals surface area contributed by atoms with Crippen molar-refractivity contribution in [1.29, 1.82) is 10.5 Å². The highest BCUT2D eigenvalue weighted by atomic mass is 32.1. The molecule has 0 N–H and O–H groups in total. The van der Waals surface area contributed by atoms with Crippen molar-refractivity contribution >= 4 is 23.0 Å². The smallest absolute Gasteiger partial charge is 0.273 e. The van der Waals surface area contributed by atoms with Gasteiger partial charge in [0.15, 0.2) is 5.57 Å². The predicted octanol–water partition coefficient (Wildman–Crippen LogP) is 1.22. The van der Waals surface area contributed by atoms with Gasteiger partial charge in [0.05, 0.1) is 16.4 Å². The van der Waals surface area contributed by atoms with Gasteiger partial charge >= 0.3 is 0 Å². The highest BCUT2D eigenvalue weighted by Gasteiger charge is 2.11. The molecule has 2 aromatic heterocycles. The average Bonchev–Trinajstić information content (AvgIpc) is 3.20. The van der Waals surface area contributed by atoms with Crippen molar-refractivity contribution < 1.29 is 0 Å². The summed E-state index contributed by atoms with van der Waals surface area (Å²) in [6.07, 6.45) is 5.99. The minimum absolute atomic E-state index is 0.0835. The van der Waals surface area contributed by atoms with E-state index in [9.17, 15) is 15.3 Å². The first-order chi connectivity index (χ1) is 12.6. The van der Waals surface area contributed by atoms with Crippen molar-refractivity contribution in [2.24, 2.45) is 7.05 Å². The summed E-state index contributed by atoms with van der Waals surface area (Å²) in [6, 6.07) is 11.3. The fraction of sp³-hybridized carbons (Fsp3) is 0.158. The molecule has 0 amide bonds. The van der Waals surface area contributed by atoms with Crippen LogP contribution in [0.15, 0.2) is 41.5 Å². The van der Waals surface area contributed by atoms with Crippen LogP contribution in [0.25, 0.3) is 17.3 Å². The molecule has 0 aliphatic heterocycles. The number of hydrogen-bond acceptors (Lipinski definition) is 5. The Morgan fingerprint density at radius 1 is 1.35 bits per heavy atom. The number of aryl methyl sites for hydroxylation is 2. The summed E-state index contributed by atoms with van der Waals surface area (Å²) < 4.78 is 3.86. The van der Waals surface area contributed by atoms with E-state index in [-0.39, 0.29) is 11.1 Å². The minimum atomic E-state index is -0.259. The molecule has 6 nitrogen and oxygen atoms in total. The first-order valence-electron chi connectivity index (χ1n) is 7.93. The summed E-state index contributed by atoms with van der Waals surface area (Å²) in [5, 5.41) is 22.7. The van der Waals surface area contributed by atoms with Crippen LogP contribution in [-0.4, -0.2) is 14.3 Å². The molecule has 0 unspecified atom stereocenters. The molecular formula is C19H15N5OS. The Bertz CT molecular complexity index is 1210. The maximum absolute atomic E-state index is 13.0. The zero-order valence-corrected chi connectivity index (χ0v) is 15.1. The molecule has 3 rings (SSSR count). The van der Waals surface area contributed by atoms with Crippen LogP contribution in [0.1, 0.15) is 18.1 Å². The fourth-order valence-corrected chi connectivity index (χ4v) is 3.64. The Hall–Kier alpha value is -3.42. The second kappa shape index (κ2) is 7.22. The Kier molecular flexibility index (Phi) is 4.83. The Morgan fingerprint density at radius 2 is 2.12 bits per heavy atom. The Morgan fingerprint density at radius 3 is 2.73 bits per heavy atom. The molecule has 0 saturated heterocycles. The van der Waals surface area contributed by atoms with E-state index < -0.39 is 0 Å². The number of benzene rings is 1. The third kappa shape index (κ3) is 3.21. The molecule has 128 valence electrons. The zero-order chi connectivity index (χ0) is 18.7. The molecule has 0 radical (unpaired) electrons. The standard InChI is InChI=1S/C19H15N5OS/c1-3-13-5-4-6-16(7-13)24-18(25)17(8-14-11-22-23(2)12-14)26-19(24)15(9-20)10-21/h4-8,11-12H,3H2,1-2H3/b17-8+. The van der Waals surface area contributed by atoms with Crippen molar-refractivity contribution in [2.45, 2.75) is 13.3 Å². The maximum Gasteiger partial charge on any atom is 0.273 e. The van der Waals surface area contributed by atoms with Crippen molar-refractivity contribution in [3.05, 3.63) is 67.3 Å². The normalized spacial score (nSPS) is 11.2. The molecule has 0 fully saturated rings. The van der Waals surface area contributed by atoms with E-state index in [2.05, 4.69) is 5.10 Å². The summed E-state index contributed by atoms with van der Waals surface area (Å²) in [5.41, 5.74) is 2.15. The molecule has 0 aliphatic carbocycles. The van der Waals surface area contributed by atoms with Gasteiger partial charge in [0, 0.05) is 18.8 Å². The van der Waals surface area contributed by atoms with Crippen LogP contribution < -0.4 is 14.8 Å². The summed E-state index contributed by atoms with van der Waals surface area (Å²) in [7, 11) is 1.79. The van der Waals surface area contributed by atoms with E-state index in [1.54, 1.807) is 36.3 Å². The molecule has 7 heteroatoms. The molecule has 0 atom stereocenters. The number of aromatic nitrogens is 3. The third-order valence-corrected chi connectivity index (χ3v) is 4.95. The highest BCUT2D eigenvalue weighted by Crippen LogP contribution is 2.09. The predicted molar refractivity (Wildman–Crippen MR) is 100.0 cm³/mol. The summed E-state index contributed by atoms with van der Waals surface area (Å²) in [5.74, 6) is 0. The zero-order valence-electron chi connectivity index (χ0n) is 14.3. The highest BCUT2D eigenvalue weighted by molar-refractivity contribution is 7.07. The molecule has 0 aliphatic rings. The topological polar surface area (TPSA) is 87.4 Å². The van der Waals surface area contributed by atoms with Gasteiger partial charge in [-0.15, -0.1) is 11.3 Å². The van der Waals surface area contributed by atoms with Crippen molar-refractivity contribution in [2.75, 3.05) is 0 Å². The van der Waals surface area contributed by atoms with E-state index in [0.29, 0.717) is 14.9 Å². The van der Waals surface area contributed by atoms with Crippen LogP contribution in [0.4, 0.5) is 0 Å². The fourth-order valence-electron chi connectivity index (χ4n) is 2.59. The van der Waals surface area contributed by atoms with E-state index >= 15 is 0 Å². The summed E-state index contributed by atoms with van der Waals surface area (Å²) in [6.45, 7) is 2.03. The van der Waals surface area contributed by atoms with Gasteiger partial charge in [-0.25, -0.2) is 0 Å². The van der Waals surface area contributed by atoms with E-state index in [0.717, 1.165) is 28.9 Å². The summed E-state index contributed by atoms with van der Waals surface area (Å²) >= 11 is 1.13. The van der Waals surface area contributed by atoms with Gasteiger partial charge in [0.2, 0.25) is 0 Å². The van der Waals surface area contributed by atoms with Gasteiger partial charge in [0.25, 0.3) is 5.56 Å². The van der Waals surface area contributed by atoms with Gasteiger partial charge in [-0.3, -0.25) is 14.0 Å². The lowest BCUT2D eigenvalue weighted by Crippen LogP contribution is -2.30. The number of rotatable bonds is 3.